The van der Waals surface area contributed by atoms with Gasteiger partial charge in [0, 0.05) is 29.8 Å². The zero-order valence-corrected chi connectivity index (χ0v) is 16.0. The summed E-state index contributed by atoms with van der Waals surface area (Å²) in [4.78, 5) is 2.41. The predicted octanol–water partition coefficient (Wildman–Crippen LogP) is 5.07. The highest BCUT2D eigenvalue weighted by Gasteiger charge is 2.15. The molecule has 3 heteroatoms. The van der Waals surface area contributed by atoms with Crippen molar-refractivity contribution in [2.24, 2.45) is 11.8 Å². The first-order chi connectivity index (χ1) is 9.81. The molecule has 0 aliphatic rings. The summed E-state index contributed by atoms with van der Waals surface area (Å²) >= 11 is 3.61. The van der Waals surface area contributed by atoms with Crippen LogP contribution in [0, 0.1) is 11.8 Å². The van der Waals surface area contributed by atoms with Gasteiger partial charge in [-0.05, 0) is 49.4 Å². The highest BCUT2D eigenvalue weighted by Crippen LogP contribution is 2.27. The minimum absolute atomic E-state index is 0.545. The van der Waals surface area contributed by atoms with E-state index < -0.39 is 0 Å². The van der Waals surface area contributed by atoms with Crippen LogP contribution in [-0.2, 0) is 6.54 Å². The van der Waals surface area contributed by atoms with Crippen molar-refractivity contribution in [2.45, 2.75) is 53.6 Å². The molecule has 0 aromatic heterocycles. The summed E-state index contributed by atoms with van der Waals surface area (Å²) in [6.45, 7) is 13.4. The standard InChI is InChI=1S/C18H31BrN2/c1-13(2)9-15(5)21(6)18-10-17(19)8-7-16(18)12-20-11-14(3)4/h7-8,10,13-15,20H,9,11-12H2,1-6H3. The molecule has 0 saturated carbocycles. The van der Waals surface area contributed by atoms with Gasteiger partial charge in [-0.2, -0.15) is 0 Å². The fourth-order valence-corrected chi connectivity index (χ4v) is 2.94. The number of hydrogen-bond donors (Lipinski definition) is 1. The van der Waals surface area contributed by atoms with Crippen LogP contribution in [0.4, 0.5) is 5.69 Å². The van der Waals surface area contributed by atoms with Gasteiger partial charge in [-0.1, -0.05) is 49.7 Å². The van der Waals surface area contributed by atoms with Crippen LogP contribution in [0.2, 0.25) is 0 Å². The van der Waals surface area contributed by atoms with Gasteiger partial charge in [0.25, 0.3) is 0 Å². The third-order valence-electron chi connectivity index (χ3n) is 3.77. The van der Waals surface area contributed by atoms with Crippen LogP contribution in [0.5, 0.6) is 0 Å². The average Bonchev–Trinajstić information content (AvgIpc) is 2.38. The number of hydrogen-bond acceptors (Lipinski definition) is 2. The normalized spacial score (nSPS) is 13.0. The van der Waals surface area contributed by atoms with E-state index in [2.05, 4.69) is 86.0 Å². The zero-order chi connectivity index (χ0) is 16.0. The van der Waals surface area contributed by atoms with Crippen molar-refractivity contribution in [1.29, 1.82) is 0 Å². The van der Waals surface area contributed by atoms with E-state index in [-0.39, 0.29) is 0 Å². The molecule has 0 amide bonds. The summed E-state index contributed by atoms with van der Waals surface area (Å²) in [7, 11) is 2.21. The summed E-state index contributed by atoms with van der Waals surface area (Å²) in [5, 5.41) is 3.55. The summed E-state index contributed by atoms with van der Waals surface area (Å²) in [6.07, 6.45) is 1.21. The van der Waals surface area contributed by atoms with E-state index in [4.69, 9.17) is 0 Å². The van der Waals surface area contributed by atoms with Gasteiger partial charge in [-0.25, -0.2) is 0 Å². The summed E-state index contributed by atoms with van der Waals surface area (Å²) in [5.74, 6) is 1.40. The maximum absolute atomic E-state index is 3.61. The minimum Gasteiger partial charge on any atom is -0.372 e. The van der Waals surface area contributed by atoms with Crippen molar-refractivity contribution in [3.63, 3.8) is 0 Å². The Kier molecular flexibility index (Phi) is 7.75. The van der Waals surface area contributed by atoms with Crippen LogP contribution >= 0.6 is 15.9 Å². The third kappa shape index (κ3) is 6.39. The predicted molar refractivity (Wildman–Crippen MR) is 98.0 cm³/mol. The number of rotatable bonds is 8. The molecule has 1 atom stereocenters. The molecule has 0 saturated heterocycles. The maximum Gasteiger partial charge on any atom is 0.0422 e. The Bertz CT molecular complexity index is 429. The van der Waals surface area contributed by atoms with Gasteiger partial charge in [-0.15, -0.1) is 0 Å². The van der Waals surface area contributed by atoms with Crippen LogP contribution in [0.1, 0.15) is 46.6 Å². The van der Waals surface area contributed by atoms with Crippen LogP contribution in [0.3, 0.4) is 0 Å². The lowest BCUT2D eigenvalue weighted by molar-refractivity contribution is 0.502. The Morgan fingerprint density at radius 1 is 1.10 bits per heavy atom. The van der Waals surface area contributed by atoms with Gasteiger partial charge >= 0.3 is 0 Å². The van der Waals surface area contributed by atoms with E-state index >= 15 is 0 Å². The topological polar surface area (TPSA) is 15.3 Å². The van der Waals surface area contributed by atoms with Crippen LogP contribution < -0.4 is 10.2 Å². The van der Waals surface area contributed by atoms with Crippen LogP contribution in [0.15, 0.2) is 22.7 Å². The second kappa shape index (κ2) is 8.79. The first kappa shape index (κ1) is 18.5. The molecule has 1 N–H and O–H groups in total. The Labute approximate surface area is 139 Å². The van der Waals surface area contributed by atoms with Gasteiger partial charge in [0.1, 0.15) is 0 Å². The molecule has 1 unspecified atom stereocenters. The minimum atomic E-state index is 0.545. The van der Waals surface area contributed by atoms with E-state index in [0.29, 0.717) is 12.0 Å². The van der Waals surface area contributed by atoms with Crippen LogP contribution in [0.25, 0.3) is 0 Å². The lowest BCUT2D eigenvalue weighted by Crippen LogP contribution is -2.31. The summed E-state index contributed by atoms with van der Waals surface area (Å²) < 4.78 is 1.15. The molecule has 1 aromatic rings. The molecule has 120 valence electrons. The van der Waals surface area contributed by atoms with E-state index in [1.165, 1.54) is 17.7 Å². The SMILES string of the molecule is CC(C)CNCc1ccc(Br)cc1N(C)C(C)CC(C)C. The van der Waals surface area contributed by atoms with Crippen molar-refractivity contribution in [3.8, 4) is 0 Å². The highest BCUT2D eigenvalue weighted by molar-refractivity contribution is 9.10. The Morgan fingerprint density at radius 3 is 2.33 bits per heavy atom. The second-order valence-corrected chi connectivity index (χ2v) is 7.80. The summed E-state index contributed by atoms with van der Waals surface area (Å²) in [6, 6.07) is 7.15. The number of nitrogens with one attached hydrogen (secondary N) is 1. The van der Waals surface area contributed by atoms with Gasteiger partial charge in [0.2, 0.25) is 0 Å². The van der Waals surface area contributed by atoms with E-state index in [0.717, 1.165) is 23.5 Å². The number of halogens is 1. The van der Waals surface area contributed by atoms with Crippen molar-refractivity contribution in [2.75, 3.05) is 18.5 Å². The third-order valence-corrected chi connectivity index (χ3v) is 4.26. The van der Waals surface area contributed by atoms with Crippen LogP contribution in [-0.4, -0.2) is 19.6 Å². The van der Waals surface area contributed by atoms with Crippen molar-refractivity contribution in [3.05, 3.63) is 28.2 Å². The molecule has 21 heavy (non-hydrogen) atoms. The van der Waals surface area contributed by atoms with Gasteiger partial charge in [0.05, 0.1) is 0 Å². The van der Waals surface area contributed by atoms with E-state index in [1.807, 2.05) is 0 Å². The first-order valence-corrected chi connectivity index (χ1v) is 8.82. The molecule has 0 fully saturated rings. The second-order valence-electron chi connectivity index (χ2n) is 6.89. The fraction of sp³-hybridized carbons (Fsp3) is 0.667. The van der Waals surface area contributed by atoms with Gasteiger partial charge in [0.15, 0.2) is 0 Å². The number of benzene rings is 1. The molecule has 0 aliphatic carbocycles. The summed E-state index contributed by atoms with van der Waals surface area (Å²) in [5.41, 5.74) is 2.70. The quantitative estimate of drug-likeness (QED) is 0.701. The Morgan fingerprint density at radius 2 is 1.76 bits per heavy atom. The molecule has 1 rings (SSSR count). The van der Waals surface area contributed by atoms with Gasteiger partial charge < -0.3 is 10.2 Å². The lowest BCUT2D eigenvalue weighted by Gasteiger charge is -2.30. The molecule has 0 heterocycles. The Hall–Kier alpha value is -0.540. The molecule has 1 aromatic carbocycles. The van der Waals surface area contributed by atoms with E-state index in [1.54, 1.807) is 0 Å². The maximum atomic E-state index is 3.61. The van der Waals surface area contributed by atoms with Gasteiger partial charge in [-0.3, -0.25) is 0 Å². The number of anilines is 1. The zero-order valence-electron chi connectivity index (χ0n) is 14.4. The molecule has 0 spiro atoms. The monoisotopic (exact) mass is 354 g/mol. The van der Waals surface area contributed by atoms with Crippen molar-refractivity contribution >= 4 is 21.6 Å². The fourth-order valence-electron chi connectivity index (χ4n) is 2.59. The molecule has 0 bridgehead atoms. The first-order valence-electron chi connectivity index (χ1n) is 8.03. The molecule has 0 radical (unpaired) electrons. The number of nitrogens with zero attached hydrogens (tertiary/aromatic N) is 1. The average molecular weight is 355 g/mol. The molecular weight excluding hydrogens is 324 g/mol. The van der Waals surface area contributed by atoms with Crippen molar-refractivity contribution in [1.82, 2.24) is 5.32 Å². The van der Waals surface area contributed by atoms with E-state index in [9.17, 15) is 0 Å². The molecule has 0 aliphatic heterocycles. The smallest absolute Gasteiger partial charge is 0.0422 e. The molecule has 2 nitrogen and oxygen atoms in total. The lowest BCUT2D eigenvalue weighted by atomic mass is 10.0. The largest absolute Gasteiger partial charge is 0.372 e. The highest BCUT2D eigenvalue weighted by atomic mass is 79.9. The Balaban J connectivity index is 2.85. The molecular formula is C18H31BrN2. The van der Waals surface area contributed by atoms with Crippen molar-refractivity contribution < 1.29 is 0 Å².